The highest BCUT2D eigenvalue weighted by atomic mass is 16.5. The standard InChI is InChI=1S/C11H19N3O5/c1-7(2)19-5-8(15)4-14-9(6-18-3)10(11(16)17)12-13-14/h7-8,15H,4-6H2,1-3H3,(H,16,17). The second kappa shape index (κ2) is 7.17. The van der Waals surface area contributed by atoms with Gasteiger partial charge in [-0.3, -0.25) is 0 Å². The van der Waals surface area contributed by atoms with Crippen LogP contribution in [0.25, 0.3) is 0 Å². The summed E-state index contributed by atoms with van der Waals surface area (Å²) in [4.78, 5) is 11.0. The Hall–Kier alpha value is -1.51. The topological polar surface area (TPSA) is 107 Å². The third-order valence-corrected chi connectivity index (χ3v) is 2.33. The first-order valence-electron chi connectivity index (χ1n) is 5.90. The zero-order valence-electron chi connectivity index (χ0n) is 11.2. The molecule has 0 saturated heterocycles. The number of carboxylic acid groups (broad SMARTS) is 1. The molecule has 0 radical (unpaired) electrons. The number of aliphatic hydroxyl groups is 1. The van der Waals surface area contributed by atoms with E-state index in [-0.39, 0.29) is 31.6 Å². The predicted molar refractivity (Wildman–Crippen MR) is 64.8 cm³/mol. The minimum absolute atomic E-state index is 0.0124. The van der Waals surface area contributed by atoms with Gasteiger partial charge in [0.2, 0.25) is 0 Å². The van der Waals surface area contributed by atoms with Crippen molar-refractivity contribution < 1.29 is 24.5 Å². The summed E-state index contributed by atoms with van der Waals surface area (Å²) in [5.41, 5.74) is 0.150. The largest absolute Gasteiger partial charge is 0.476 e. The second-order valence-electron chi connectivity index (χ2n) is 4.34. The Labute approximate surface area is 110 Å². The molecule has 1 aromatic heterocycles. The van der Waals surface area contributed by atoms with Gasteiger partial charge in [0.05, 0.1) is 37.7 Å². The van der Waals surface area contributed by atoms with Crippen LogP contribution in [-0.4, -0.2) is 57.1 Å². The molecule has 0 amide bonds. The van der Waals surface area contributed by atoms with Crippen molar-refractivity contribution in [3.8, 4) is 0 Å². The van der Waals surface area contributed by atoms with E-state index in [2.05, 4.69) is 10.3 Å². The second-order valence-corrected chi connectivity index (χ2v) is 4.34. The van der Waals surface area contributed by atoms with Gasteiger partial charge in [-0.2, -0.15) is 0 Å². The van der Waals surface area contributed by atoms with Gasteiger partial charge in [-0.15, -0.1) is 5.10 Å². The lowest BCUT2D eigenvalue weighted by Gasteiger charge is -2.14. The molecule has 0 saturated carbocycles. The van der Waals surface area contributed by atoms with Gasteiger partial charge in [0, 0.05) is 7.11 Å². The predicted octanol–water partition coefficient (Wildman–Crippen LogP) is -0.0914. The molecule has 1 aromatic rings. The van der Waals surface area contributed by atoms with Gasteiger partial charge in [0.25, 0.3) is 0 Å². The molecule has 2 N–H and O–H groups in total. The fourth-order valence-corrected chi connectivity index (χ4v) is 1.48. The number of rotatable bonds is 8. The molecule has 0 spiro atoms. The van der Waals surface area contributed by atoms with Crippen molar-refractivity contribution >= 4 is 5.97 Å². The van der Waals surface area contributed by atoms with Crippen LogP contribution in [0.5, 0.6) is 0 Å². The zero-order chi connectivity index (χ0) is 14.4. The Bertz CT molecular complexity index is 418. The molecule has 0 aliphatic heterocycles. The molecule has 1 unspecified atom stereocenters. The highest BCUT2D eigenvalue weighted by Crippen LogP contribution is 2.08. The molecule has 1 atom stereocenters. The first-order valence-corrected chi connectivity index (χ1v) is 5.90. The highest BCUT2D eigenvalue weighted by Gasteiger charge is 2.20. The number of ether oxygens (including phenoxy) is 2. The minimum Gasteiger partial charge on any atom is -0.476 e. The molecule has 0 aliphatic rings. The van der Waals surface area contributed by atoms with Crippen LogP contribution in [0.15, 0.2) is 0 Å². The number of hydrogen-bond donors (Lipinski definition) is 2. The molecule has 0 bridgehead atoms. The van der Waals surface area contributed by atoms with Crippen molar-refractivity contribution in [2.24, 2.45) is 0 Å². The Morgan fingerprint density at radius 3 is 2.68 bits per heavy atom. The number of aromatic nitrogens is 3. The fraction of sp³-hybridized carbons (Fsp3) is 0.727. The van der Waals surface area contributed by atoms with Crippen LogP contribution in [0, 0.1) is 0 Å². The maximum Gasteiger partial charge on any atom is 0.358 e. The van der Waals surface area contributed by atoms with Gasteiger partial charge in [-0.25, -0.2) is 9.48 Å². The van der Waals surface area contributed by atoms with Crippen LogP contribution < -0.4 is 0 Å². The van der Waals surface area contributed by atoms with Crippen LogP contribution in [0.1, 0.15) is 30.0 Å². The van der Waals surface area contributed by atoms with E-state index in [1.165, 1.54) is 11.8 Å². The van der Waals surface area contributed by atoms with Crippen molar-refractivity contribution in [2.45, 2.75) is 39.2 Å². The number of carboxylic acids is 1. The van der Waals surface area contributed by atoms with E-state index in [1.807, 2.05) is 13.8 Å². The van der Waals surface area contributed by atoms with Crippen molar-refractivity contribution in [2.75, 3.05) is 13.7 Å². The fourth-order valence-electron chi connectivity index (χ4n) is 1.48. The lowest BCUT2D eigenvalue weighted by molar-refractivity contribution is -0.00303. The number of aliphatic hydroxyl groups excluding tert-OH is 1. The normalized spacial score (nSPS) is 12.9. The van der Waals surface area contributed by atoms with E-state index >= 15 is 0 Å². The summed E-state index contributed by atoms with van der Waals surface area (Å²) in [6.45, 7) is 4.03. The van der Waals surface area contributed by atoms with Gasteiger partial charge >= 0.3 is 5.97 Å². The Kier molecular flexibility index (Phi) is 5.87. The summed E-state index contributed by atoms with van der Waals surface area (Å²) < 4.78 is 11.5. The average molecular weight is 273 g/mol. The molecule has 0 aromatic carbocycles. The van der Waals surface area contributed by atoms with Gasteiger partial charge < -0.3 is 19.7 Å². The van der Waals surface area contributed by atoms with Crippen molar-refractivity contribution in [3.05, 3.63) is 11.4 Å². The Balaban J connectivity index is 2.74. The monoisotopic (exact) mass is 273 g/mol. The SMILES string of the molecule is COCc1c(C(=O)O)nnn1CC(O)COC(C)C. The molecule has 0 fully saturated rings. The molecule has 108 valence electrons. The smallest absolute Gasteiger partial charge is 0.358 e. The van der Waals surface area contributed by atoms with Crippen LogP contribution in [0.2, 0.25) is 0 Å². The third-order valence-electron chi connectivity index (χ3n) is 2.33. The molecule has 1 rings (SSSR count). The van der Waals surface area contributed by atoms with Crippen molar-refractivity contribution in [3.63, 3.8) is 0 Å². The lowest BCUT2D eigenvalue weighted by Crippen LogP contribution is -2.25. The molecule has 1 heterocycles. The average Bonchev–Trinajstić information content (AvgIpc) is 2.70. The summed E-state index contributed by atoms with van der Waals surface area (Å²) in [6, 6.07) is 0. The van der Waals surface area contributed by atoms with E-state index in [1.54, 1.807) is 0 Å². The van der Waals surface area contributed by atoms with E-state index in [0.717, 1.165) is 0 Å². The Morgan fingerprint density at radius 1 is 1.47 bits per heavy atom. The third kappa shape index (κ3) is 4.58. The molecular formula is C11H19N3O5. The molecule has 8 nitrogen and oxygen atoms in total. The molecule has 8 heteroatoms. The van der Waals surface area contributed by atoms with Gasteiger partial charge in [-0.1, -0.05) is 5.21 Å². The van der Waals surface area contributed by atoms with E-state index in [0.29, 0.717) is 5.69 Å². The first-order chi connectivity index (χ1) is 8.95. The van der Waals surface area contributed by atoms with E-state index < -0.39 is 12.1 Å². The maximum absolute atomic E-state index is 11.0. The number of methoxy groups -OCH3 is 1. The van der Waals surface area contributed by atoms with Crippen LogP contribution in [0.3, 0.4) is 0 Å². The quantitative estimate of drug-likeness (QED) is 0.681. The highest BCUT2D eigenvalue weighted by molar-refractivity contribution is 5.86. The number of hydrogen-bond acceptors (Lipinski definition) is 6. The summed E-state index contributed by atoms with van der Waals surface area (Å²) in [5, 5.41) is 26.0. The van der Waals surface area contributed by atoms with Gasteiger partial charge in [-0.05, 0) is 13.8 Å². The first kappa shape index (κ1) is 15.5. The summed E-state index contributed by atoms with van der Waals surface area (Å²) in [5.74, 6) is -1.17. The van der Waals surface area contributed by atoms with E-state index in [4.69, 9.17) is 14.6 Å². The molecule has 0 aliphatic carbocycles. The van der Waals surface area contributed by atoms with Crippen LogP contribution in [0.4, 0.5) is 0 Å². The summed E-state index contributed by atoms with van der Waals surface area (Å²) in [6.07, 6.45) is -0.778. The number of aromatic carboxylic acids is 1. The van der Waals surface area contributed by atoms with Gasteiger partial charge in [0.15, 0.2) is 5.69 Å². The van der Waals surface area contributed by atoms with Gasteiger partial charge in [0.1, 0.15) is 0 Å². The summed E-state index contributed by atoms with van der Waals surface area (Å²) in [7, 11) is 1.45. The maximum atomic E-state index is 11.0. The zero-order valence-corrected chi connectivity index (χ0v) is 11.2. The minimum atomic E-state index is -1.17. The van der Waals surface area contributed by atoms with Crippen molar-refractivity contribution in [1.82, 2.24) is 15.0 Å². The van der Waals surface area contributed by atoms with Crippen molar-refractivity contribution in [1.29, 1.82) is 0 Å². The number of nitrogens with zero attached hydrogens (tertiary/aromatic N) is 3. The van der Waals surface area contributed by atoms with E-state index in [9.17, 15) is 9.90 Å². The lowest BCUT2D eigenvalue weighted by atomic mass is 10.3. The Morgan fingerprint density at radius 2 is 2.16 bits per heavy atom. The molecular weight excluding hydrogens is 254 g/mol. The van der Waals surface area contributed by atoms with Crippen LogP contribution >= 0.6 is 0 Å². The number of carbonyl (C=O) groups is 1. The van der Waals surface area contributed by atoms with Crippen LogP contribution in [-0.2, 0) is 22.6 Å². The summed E-state index contributed by atoms with van der Waals surface area (Å²) >= 11 is 0. The molecule has 19 heavy (non-hydrogen) atoms.